The van der Waals surface area contributed by atoms with Crippen molar-refractivity contribution in [2.24, 2.45) is 0 Å². The van der Waals surface area contributed by atoms with E-state index in [4.69, 9.17) is 5.11 Å². The first-order chi connectivity index (χ1) is 6.22. The second-order valence-corrected chi connectivity index (χ2v) is 3.20. The lowest BCUT2D eigenvalue weighted by molar-refractivity contribution is 0.450. The molecule has 13 heavy (non-hydrogen) atoms. The van der Waals surface area contributed by atoms with Crippen molar-refractivity contribution in [3.05, 3.63) is 28.0 Å². The predicted octanol–water partition coefficient (Wildman–Crippen LogP) is 1.81. The summed E-state index contributed by atoms with van der Waals surface area (Å²) in [6.45, 7) is 2.13. The number of aromatic amines is 1. The minimum atomic E-state index is -0.230. The molecule has 0 saturated heterocycles. The van der Waals surface area contributed by atoms with Gasteiger partial charge < -0.3 is 5.11 Å². The van der Waals surface area contributed by atoms with Gasteiger partial charge >= 0.3 is 0 Å². The summed E-state index contributed by atoms with van der Waals surface area (Å²) < 4.78 is 0. The smallest absolute Gasteiger partial charge is 0.250 e. The zero-order valence-electron chi connectivity index (χ0n) is 7.84. The van der Waals surface area contributed by atoms with Gasteiger partial charge in [0.1, 0.15) is 0 Å². The second-order valence-electron chi connectivity index (χ2n) is 3.20. The Labute approximate surface area is 77.4 Å². The van der Waals surface area contributed by atoms with Gasteiger partial charge in [0.25, 0.3) is 5.56 Å². The molecule has 0 bridgehead atoms. The lowest BCUT2D eigenvalue weighted by atomic mass is 10.1. The molecule has 0 fully saturated rings. The van der Waals surface area contributed by atoms with E-state index in [1.54, 1.807) is 6.07 Å². The van der Waals surface area contributed by atoms with Crippen LogP contribution >= 0.6 is 0 Å². The van der Waals surface area contributed by atoms with Gasteiger partial charge in [0.15, 0.2) is 5.88 Å². The number of hydrogen-bond donors (Lipinski definition) is 2. The van der Waals surface area contributed by atoms with Crippen molar-refractivity contribution in [1.29, 1.82) is 0 Å². The van der Waals surface area contributed by atoms with Crippen molar-refractivity contribution in [3.8, 4) is 5.88 Å². The van der Waals surface area contributed by atoms with Crippen molar-refractivity contribution in [2.45, 2.75) is 32.6 Å². The van der Waals surface area contributed by atoms with Crippen molar-refractivity contribution in [3.63, 3.8) is 0 Å². The number of aromatic nitrogens is 1. The molecule has 2 N–H and O–H groups in total. The van der Waals surface area contributed by atoms with E-state index < -0.39 is 0 Å². The van der Waals surface area contributed by atoms with Gasteiger partial charge in [-0.1, -0.05) is 19.8 Å². The first-order valence-corrected chi connectivity index (χ1v) is 4.64. The first kappa shape index (κ1) is 9.84. The molecule has 3 heteroatoms. The lowest BCUT2D eigenvalue weighted by Crippen LogP contribution is -2.04. The van der Waals surface area contributed by atoms with E-state index in [0.29, 0.717) is 0 Å². The lowest BCUT2D eigenvalue weighted by Gasteiger charge is -2.00. The van der Waals surface area contributed by atoms with E-state index in [-0.39, 0.29) is 11.4 Å². The molecule has 72 valence electrons. The van der Waals surface area contributed by atoms with Crippen LogP contribution in [0, 0.1) is 0 Å². The molecular weight excluding hydrogens is 166 g/mol. The molecule has 1 aromatic heterocycles. The minimum absolute atomic E-state index is 0.0426. The van der Waals surface area contributed by atoms with Gasteiger partial charge in [-0.2, -0.15) is 0 Å². The van der Waals surface area contributed by atoms with Gasteiger partial charge in [0.05, 0.1) is 0 Å². The van der Waals surface area contributed by atoms with E-state index in [2.05, 4.69) is 11.9 Å². The number of aryl methyl sites for hydroxylation is 1. The van der Waals surface area contributed by atoms with Crippen LogP contribution < -0.4 is 5.56 Å². The summed E-state index contributed by atoms with van der Waals surface area (Å²) in [4.78, 5) is 13.2. The quantitative estimate of drug-likeness (QED) is 0.696. The zero-order valence-corrected chi connectivity index (χ0v) is 7.84. The summed E-state index contributed by atoms with van der Waals surface area (Å²) in [5, 5.41) is 9.09. The molecule has 0 spiro atoms. The van der Waals surface area contributed by atoms with E-state index in [1.165, 1.54) is 6.07 Å². The summed E-state index contributed by atoms with van der Waals surface area (Å²) in [5.74, 6) is -0.0426. The fourth-order valence-corrected chi connectivity index (χ4v) is 1.31. The minimum Gasteiger partial charge on any atom is -0.495 e. The van der Waals surface area contributed by atoms with E-state index in [0.717, 1.165) is 31.2 Å². The SMILES string of the molecule is CCCCCc1cc(O)[nH]c(=O)c1. The fourth-order valence-electron chi connectivity index (χ4n) is 1.31. The van der Waals surface area contributed by atoms with Crippen LogP contribution in [0.15, 0.2) is 16.9 Å². The third-order valence-electron chi connectivity index (χ3n) is 1.96. The molecule has 0 aliphatic carbocycles. The summed E-state index contributed by atoms with van der Waals surface area (Å²) in [6.07, 6.45) is 4.26. The van der Waals surface area contributed by atoms with Gasteiger partial charge in [0, 0.05) is 12.1 Å². The highest BCUT2D eigenvalue weighted by atomic mass is 16.3. The molecule has 0 radical (unpaired) electrons. The maximum atomic E-state index is 10.9. The third kappa shape index (κ3) is 3.32. The van der Waals surface area contributed by atoms with Crippen LogP contribution in [0.2, 0.25) is 0 Å². The number of H-pyrrole nitrogens is 1. The predicted molar refractivity (Wildman–Crippen MR) is 52.0 cm³/mol. The number of unbranched alkanes of at least 4 members (excludes halogenated alkanes) is 2. The molecule has 0 aromatic carbocycles. The molecular formula is C10H15NO2. The van der Waals surface area contributed by atoms with Crippen LogP contribution in [0.4, 0.5) is 0 Å². The highest BCUT2D eigenvalue weighted by molar-refractivity contribution is 5.19. The zero-order chi connectivity index (χ0) is 9.68. The molecule has 0 saturated carbocycles. The Hall–Kier alpha value is -1.25. The van der Waals surface area contributed by atoms with Crippen LogP contribution in [-0.4, -0.2) is 10.1 Å². The van der Waals surface area contributed by atoms with Gasteiger partial charge in [-0.05, 0) is 18.4 Å². The number of hydrogen-bond acceptors (Lipinski definition) is 2. The Morgan fingerprint density at radius 1 is 1.38 bits per heavy atom. The molecule has 0 amide bonds. The Kier molecular flexibility index (Phi) is 3.55. The molecule has 0 aliphatic rings. The average molecular weight is 181 g/mol. The second kappa shape index (κ2) is 4.70. The fraction of sp³-hybridized carbons (Fsp3) is 0.500. The van der Waals surface area contributed by atoms with Crippen molar-refractivity contribution < 1.29 is 5.11 Å². The number of nitrogens with one attached hydrogen (secondary N) is 1. The number of pyridine rings is 1. The summed E-state index contributed by atoms with van der Waals surface area (Å²) in [6, 6.07) is 3.15. The van der Waals surface area contributed by atoms with Gasteiger partial charge in [-0.3, -0.25) is 9.78 Å². The summed E-state index contributed by atoms with van der Waals surface area (Å²) in [5.41, 5.74) is 0.682. The third-order valence-corrected chi connectivity index (χ3v) is 1.96. The topological polar surface area (TPSA) is 53.1 Å². The van der Waals surface area contributed by atoms with Crippen molar-refractivity contribution in [2.75, 3.05) is 0 Å². The summed E-state index contributed by atoms with van der Waals surface area (Å²) >= 11 is 0. The van der Waals surface area contributed by atoms with Gasteiger partial charge in [0.2, 0.25) is 0 Å². The Bertz CT molecular complexity index is 317. The van der Waals surface area contributed by atoms with E-state index in [9.17, 15) is 4.79 Å². The maximum absolute atomic E-state index is 10.9. The van der Waals surface area contributed by atoms with Crippen LogP contribution in [0.25, 0.3) is 0 Å². The van der Waals surface area contributed by atoms with Crippen LogP contribution in [0.3, 0.4) is 0 Å². The Morgan fingerprint density at radius 2 is 2.15 bits per heavy atom. The van der Waals surface area contributed by atoms with Crippen LogP contribution in [-0.2, 0) is 6.42 Å². The standard InChI is InChI=1S/C10H15NO2/c1-2-3-4-5-8-6-9(12)11-10(13)7-8/h6-7H,2-5H2,1H3,(H2,11,12,13). The molecule has 3 nitrogen and oxygen atoms in total. The van der Waals surface area contributed by atoms with Crippen molar-refractivity contribution in [1.82, 2.24) is 4.98 Å². The highest BCUT2D eigenvalue weighted by Crippen LogP contribution is 2.08. The average Bonchev–Trinajstić information content (AvgIpc) is 2.03. The maximum Gasteiger partial charge on any atom is 0.250 e. The monoisotopic (exact) mass is 181 g/mol. The number of aromatic hydroxyl groups is 1. The first-order valence-electron chi connectivity index (χ1n) is 4.64. The van der Waals surface area contributed by atoms with Crippen LogP contribution in [0.5, 0.6) is 5.88 Å². The van der Waals surface area contributed by atoms with E-state index >= 15 is 0 Å². The molecule has 1 heterocycles. The number of rotatable bonds is 4. The van der Waals surface area contributed by atoms with Crippen molar-refractivity contribution >= 4 is 0 Å². The Balaban J connectivity index is 2.61. The Morgan fingerprint density at radius 3 is 2.77 bits per heavy atom. The largest absolute Gasteiger partial charge is 0.495 e. The van der Waals surface area contributed by atoms with Crippen LogP contribution in [0.1, 0.15) is 31.7 Å². The summed E-state index contributed by atoms with van der Waals surface area (Å²) in [7, 11) is 0. The molecule has 1 rings (SSSR count). The molecule has 0 atom stereocenters. The molecule has 1 aromatic rings. The van der Waals surface area contributed by atoms with Gasteiger partial charge in [-0.25, -0.2) is 0 Å². The molecule has 0 unspecified atom stereocenters. The normalized spacial score (nSPS) is 10.2. The highest BCUT2D eigenvalue weighted by Gasteiger charge is 1.97. The van der Waals surface area contributed by atoms with Gasteiger partial charge in [-0.15, -0.1) is 0 Å². The molecule has 0 aliphatic heterocycles. The van der Waals surface area contributed by atoms with E-state index in [1.807, 2.05) is 0 Å².